The van der Waals surface area contributed by atoms with Gasteiger partial charge in [0.2, 0.25) is 0 Å². The molecule has 0 saturated carbocycles. The Hall–Kier alpha value is -3.34. The summed E-state index contributed by atoms with van der Waals surface area (Å²) in [5, 5.41) is 18.1. The Morgan fingerprint density at radius 2 is 1.96 bits per heavy atom. The molecule has 1 aliphatic heterocycles. The van der Waals surface area contributed by atoms with Crippen LogP contribution in [0.3, 0.4) is 0 Å². The second-order valence-corrected chi connectivity index (χ2v) is 8.13. The Morgan fingerprint density at radius 1 is 1.21 bits per heavy atom. The van der Waals surface area contributed by atoms with Crippen LogP contribution in [0.2, 0.25) is 0 Å². The fourth-order valence-electron chi connectivity index (χ4n) is 3.42. The molecule has 0 unspecified atom stereocenters. The molecule has 28 heavy (non-hydrogen) atoms. The van der Waals surface area contributed by atoms with Crippen molar-refractivity contribution in [3.63, 3.8) is 0 Å². The Morgan fingerprint density at radius 3 is 2.57 bits per heavy atom. The van der Waals surface area contributed by atoms with Crippen molar-refractivity contribution in [2.24, 2.45) is 7.05 Å². The van der Waals surface area contributed by atoms with E-state index in [-0.39, 0.29) is 12.0 Å². The van der Waals surface area contributed by atoms with Crippen molar-refractivity contribution in [1.82, 2.24) is 24.3 Å². The van der Waals surface area contributed by atoms with E-state index in [0.29, 0.717) is 18.7 Å². The molecule has 4 heterocycles. The topological polar surface area (TPSA) is 88.5 Å². The Bertz CT molecular complexity index is 1090. The maximum atomic E-state index is 12.3. The number of amides is 1. The number of likely N-dealkylation sites (tertiary alicyclic amines) is 1. The van der Waals surface area contributed by atoms with Crippen LogP contribution in [0.1, 0.15) is 37.8 Å². The number of hydrogen-bond donors (Lipinski definition) is 0. The molecule has 0 bridgehead atoms. The average molecular weight is 378 g/mol. The first kappa shape index (κ1) is 18.0. The predicted octanol–water partition coefficient (Wildman–Crippen LogP) is 2.94. The predicted molar refractivity (Wildman–Crippen MR) is 103 cm³/mol. The molecular weight excluding hydrogens is 356 g/mol. The fraction of sp³-hybridized carbons (Fsp3) is 0.400. The molecule has 8 heteroatoms. The van der Waals surface area contributed by atoms with E-state index >= 15 is 0 Å². The van der Waals surface area contributed by atoms with Gasteiger partial charge in [0.15, 0.2) is 0 Å². The van der Waals surface area contributed by atoms with Crippen LogP contribution in [0.4, 0.5) is 4.79 Å². The van der Waals surface area contributed by atoms with Crippen molar-refractivity contribution in [3.05, 3.63) is 42.0 Å². The number of nitriles is 1. The van der Waals surface area contributed by atoms with E-state index in [2.05, 4.69) is 22.3 Å². The summed E-state index contributed by atoms with van der Waals surface area (Å²) in [6, 6.07) is 4.29. The molecule has 0 spiro atoms. The zero-order valence-electron chi connectivity index (χ0n) is 16.4. The Labute approximate surface area is 162 Å². The highest BCUT2D eigenvalue weighted by Gasteiger charge is 2.36. The third-order valence-corrected chi connectivity index (χ3v) is 4.77. The first-order valence-corrected chi connectivity index (χ1v) is 9.13. The largest absolute Gasteiger partial charge is 0.444 e. The maximum absolute atomic E-state index is 12.3. The van der Waals surface area contributed by atoms with Gasteiger partial charge in [-0.05, 0) is 32.4 Å². The summed E-state index contributed by atoms with van der Waals surface area (Å²) in [5.41, 5.74) is 3.76. The number of pyridine rings is 1. The standard InChI is InChI=1S/C20H22N6O2/c1-20(2,3)28-19(27)25-10-16(11-25)17-5-13(15-8-22-24(4)9-15)12-26-18(17)14(6-21)7-23-26/h5,7-9,12,16H,10-11H2,1-4H3. The van der Waals surface area contributed by atoms with Crippen LogP contribution in [0.25, 0.3) is 16.6 Å². The molecule has 3 aromatic rings. The van der Waals surface area contributed by atoms with Gasteiger partial charge in [0.05, 0.1) is 23.5 Å². The van der Waals surface area contributed by atoms with Crippen LogP contribution in [-0.4, -0.2) is 49.1 Å². The quantitative estimate of drug-likeness (QED) is 0.684. The number of aromatic nitrogens is 4. The summed E-state index contributed by atoms with van der Waals surface area (Å²) in [4.78, 5) is 14.0. The fourth-order valence-corrected chi connectivity index (χ4v) is 3.42. The Balaban J connectivity index is 1.67. The molecule has 3 aromatic heterocycles. The number of nitrogens with zero attached hydrogens (tertiary/aromatic N) is 6. The van der Waals surface area contributed by atoms with Gasteiger partial charge in [-0.15, -0.1) is 0 Å². The van der Waals surface area contributed by atoms with Gasteiger partial charge in [-0.3, -0.25) is 4.68 Å². The lowest BCUT2D eigenvalue weighted by molar-refractivity contribution is 0.00828. The van der Waals surface area contributed by atoms with E-state index < -0.39 is 5.60 Å². The first-order valence-electron chi connectivity index (χ1n) is 9.13. The van der Waals surface area contributed by atoms with Crippen molar-refractivity contribution < 1.29 is 9.53 Å². The molecule has 0 aromatic carbocycles. The minimum Gasteiger partial charge on any atom is -0.444 e. The molecule has 1 saturated heterocycles. The van der Waals surface area contributed by atoms with Gasteiger partial charge in [-0.1, -0.05) is 0 Å². The number of carbonyl (C=O) groups excluding carboxylic acids is 1. The molecule has 0 N–H and O–H groups in total. The summed E-state index contributed by atoms with van der Waals surface area (Å²) in [5.74, 6) is 0.121. The van der Waals surface area contributed by atoms with Gasteiger partial charge in [-0.25, -0.2) is 9.31 Å². The van der Waals surface area contributed by atoms with Crippen LogP contribution < -0.4 is 0 Å². The number of rotatable bonds is 2. The van der Waals surface area contributed by atoms with Crippen molar-refractivity contribution in [2.45, 2.75) is 32.3 Å². The molecule has 4 rings (SSSR count). The second kappa shape index (κ2) is 6.37. The SMILES string of the molecule is Cn1cc(-c2cc(C3CN(C(=O)OC(C)(C)C)C3)c3c(C#N)cnn3c2)cn1. The van der Waals surface area contributed by atoms with E-state index in [4.69, 9.17) is 4.74 Å². The molecule has 0 atom stereocenters. The van der Waals surface area contributed by atoms with Crippen molar-refractivity contribution in [3.8, 4) is 17.2 Å². The van der Waals surface area contributed by atoms with Crippen molar-refractivity contribution >= 4 is 11.6 Å². The van der Waals surface area contributed by atoms with Crippen LogP contribution in [-0.2, 0) is 11.8 Å². The molecule has 8 nitrogen and oxygen atoms in total. The molecule has 1 aliphatic rings. The van der Waals surface area contributed by atoms with E-state index in [1.807, 2.05) is 40.2 Å². The second-order valence-electron chi connectivity index (χ2n) is 8.13. The van der Waals surface area contributed by atoms with Crippen LogP contribution >= 0.6 is 0 Å². The minimum atomic E-state index is -0.519. The smallest absolute Gasteiger partial charge is 0.410 e. The number of fused-ring (bicyclic) bond motifs is 1. The summed E-state index contributed by atoms with van der Waals surface area (Å²) in [6.45, 7) is 6.67. The lowest BCUT2D eigenvalue weighted by Gasteiger charge is -2.40. The van der Waals surface area contributed by atoms with Crippen molar-refractivity contribution in [2.75, 3.05) is 13.1 Å². The highest BCUT2D eigenvalue weighted by atomic mass is 16.6. The zero-order valence-corrected chi connectivity index (χ0v) is 16.4. The molecule has 1 fully saturated rings. The highest BCUT2D eigenvalue weighted by Crippen LogP contribution is 2.35. The lowest BCUT2D eigenvalue weighted by Crippen LogP contribution is -2.50. The maximum Gasteiger partial charge on any atom is 0.410 e. The van der Waals surface area contributed by atoms with E-state index in [0.717, 1.165) is 22.2 Å². The van der Waals surface area contributed by atoms with E-state index in [9.17, 15) is 10.1 Å². The molecule has 0 radical (unpaired) electrons. The monoisotopic (exact) mass is 378 g/mol. The van der Waals surface area contributed by atoms with Gasteiger partial charge >= 0.3 is 6.09 Å². The molecular formula is C20H22N6O2. The number of carbonyl (C=O) groups is 1. The zero-order chi connectivity index (χ0) is 20.1. The summed E-state index contributed by atoms with van der Waals surface area (Å²) < 4.78 is 8.93. The number of hydrogen-bond acceptors (Lipinski definition) is 5. The highest BCUT2D eigenvalue weighted by molar-refractivity contribution is 5.75. The number of aryl methyl sites for hydroxylation is 1. The van der Waals surface area contributed by atoms with Crippen LogP contribution in [0.5, 0.6) is 0 Å². The molecule has 1 amide bonds. The van der Waals surface area contributed by atoms with Gasteiger partial charge in [0.1, 0.15) is 11.7 Å². The first-order chi connectivity index (χ1) is 13.2. The van der Waals surface area contributed by atoms with Crippen LogP contribution in [0.15, 0.2) is 30.9 Å². The molecule has 0 aliphatic carbocycles. The third kappa shape index (κ3) is 3.20. The van der Waals surface area contributed by atoms with Gasteiger partial charge < -0.3 is 9.64 Å². The third-order valence-electron chi connectivity index (χ3n) is 4.77. The van der Waals surface area contributed by atoms with Gasteiger partial charge in [-0.2, -0.15) is 15.5 Å². The Kier molecular flexibility index (Phi) is 4.11. The van der Waals surface area contributed by atoms with Crippen molar-refractivity contribution in [1.29, 1.82) is 5.26 Å². The molecule has 144 valence electrons. The summed E-state index contributed by atoms with van der Waals surface area (Å²) >= 11 is 0. The van der Waals surface area contributed by atoms with Gasteiger partial charge in [0.25, 0.3) is 0 Å². The number of ether oxygens (including phenoxy) is 1. The normalized spacial score (nSPS) is 14.8. The lowest BCUT2D eigenvalue weighted by atomic mass is 9.89. The van der Waals surface area contributed by atoms with Crippen LogP contribution in [0, 0.1) is 11.3 Å². The average Bonchev–Trinajstić information content (AvgIpc) is 3.17. The van der Waals surface area contributed by atoms with E-state index in [1.54, 1.807) is 26.5 Å². The van der Waals surface area contributed by atoms with Gasteiger partial charge in [0, 0.05) is 49.6 Å². The minimum absolute atomic E-state index is 0.121. The summed E-state index contributed by atoms with van der Waals surface area (Å²) in [6.07, 6.45) is 6.91. The summed E-state index contributed by atoms with van der Waals surface area (Å²) in [7, 11) is 1.87. The van der Waals surface area contributed by atoms with E-state index in [1.165, 1.54) is 0 Å².